The molecule has 0 aromatic heterocycles. The van der Waals surface area contributed by atoms with Crippen LogP contribution in [0, 0.1) is 0 Å². The van der Waals surface area contributed by atoms with E-state index < -0.39 is 0 Å². The van der Waals surface area contributed by atoms with Crippen LogP contribution in [0.1, 0.15) is 25.3 Å². The lowest BCUT2D eigenvalue weighted by atomic mass is 10.0. The van der Waals surface area contributed by atoms with Gasteiger partial charge in [-0.25, -0.2) is 0 Å². The summed E-state index contributed by atoms with van der Waals surface area (Å²) < 4.78 is 0. The van der Waals surface area contributed by atoms with Crippen LogP contribution < -0.4 is 0 Å². The van der Waals surface area contributed by atoms with E-state index >= 15 is 0 Å². The highest BCUT2D eigenvalue weighted by atomic mass is 35.5. The minimum atomic E-state index is 0.793. The first kappa shape index (κ1) is 16.3. The molecule has 122 valence electrons. The van der Waals surface area contributed by atoms with Crippen LogP contribution in [0.2, 0.25) is 5.02 Å². The number of likely N-dealkylation sites (N-methyl/N-ethyl adjacent to an activating group) is 1. The maximum absolute atomic E-state index is 6.28. The van der Waals surface area contributed by atoms with Gasteiger partial charge >= 0.3 is 0 Å². The quantitative estimate of drug-likeness (QED) is 0.844. The molecule has 0 spiro atoms. The van der Waals surface area contributed by atoms with Crippen molar-refractivity contribution in [3.8, 4) is 0 Å². The lowest BCUT2D eigenvalue weighted by molar-refractivity contribution is 0.0594. The van der Waals surface area contributed by atoms with Gasteiger partial charge in [0.05, 0.1) is 0 Å². The second kappa shape index (κ2) is 7.78. The van der Waals surface area contributed by atoms with Crippen LogP contribution in [0.5, 0.6) is 0 Å². The zero-order valence-corrected chi connectivity index (χ0v) is 14.4. The molecule has 0 bridgehead atoms. The van der Waals surface area contributed by atoms with E-state index in [4.69, 9.17) is 11.6 Å². The highest BCUT2D eigenvalue weighted by molar-refractivity contribution is 6.31. The third-order valence-corrected chi connectivity index (χ3v) is 5.65. The fourth-order valence-electron chi connectivity index (χ4n) is 3.75. The minimum Gasteiger partial charge on any atom is -0.301 e. The number of piperidine rings is 1. The SMILES string of the molecule is CCN1CCN(C2CCN(Cc3ccccc3Cl)CC2)CC1. The Bertz CT molecular complexity index is 463. The average Bonchev–Trinajstić information content (AvgIpc) is 2.58. The maximum Gasteiger partial charge on any atom is 0.0451 e. The van der Waals surface area contributed by atoms with E-state index in [1.165, 1.54) is 64.2 Å². The third-order valence-electron chi connectivity index (χ3n) is 5.28. The van der Waals surface area contributed by atoms with Gasteiger partial charge in [-0.15, -0.1) is 0 Å². The third kappa shape index (κ3) is 4.02. The van der Waals surface area contributed by atoms with Gasteiger partial charge in [0.15, 0.2) is 0 Å². The van der Waals surface area contributed by atoms with E-state index in [-0.39, 0.29) is 0 Å². The Hall–Kier alpha value is -0.610. The van der Waals surface area contributed by atoms with E-state index in [0.29, 0.717) is 0 Å². The Kier molecular flexibility index (Phi) is 5.75. The fraction of sp³-hybridized carbons (Fsp3) is 0.667. The van der Waals surface area contributed by atoms with Gasteiger partial charge in [-0.2, -0.15) is 0 Å². The van der Waals surface area contributed by atoms with Crippen LogP contribution in [0.15, 0.2) is 24.3 Å². The van der Waals surface area contributed by atoms with Crippen molar-refractivity contribution in [2.75, 3.05) is 45.8 Å². The van der Waals surface area contributed by atoms with E-state index in [1.54, 1.807) is 0 Å². The molecule has 2 saturated heterocycles. The molecule has 0 N–H and O–H groups in total. The average molecular weight is 322 g/mol. The van der Waals surface area contributed by atoms with Crippen molar-refractivity contribution in [2.45, 2.75) is 32.4 Å². The van der Waals surface area contributed by atoms with Crippen LogP contribution in [-0.2, 0) is 6.54 Å². The number of halogens is 1. The predicted molar refractivity (Wildman–Crippen MR) is 93.4 cm³/mol. The summed E-state index contributed by atoms with van der Waals surface area (Å²) >= 11 is 6.28. The van der Waals surface area contributed by atoms with Gasteiger partial charge in [0.1, 0.15) is 0 Å². The van der Waals surface area contributed by atoms with Crippen LogP contribution in [0.4, 0.5) is 0 Å². The first-order chi connectivity index (χ1) is 10.8. The van der Waals surface area contributed by atoms with Gasteiger partial charge in [-0.05, 0) is 44.1 Å². The summed E-state index contributed by atoms with van der Waals surface area (Å²) in [6, 6.07) is 9.03. The van der Waals surface area contributed by atoms with Crippen molar-refractivity contribution in [3.05, 3.63) is 34.9 Å². The molecule has 0 unspecified atom stereocenters. The molecule has 0 amide bonds. The fourth-order valence-corrected chi connectivity index (χ4v) is 3.95. The molecule has 3 nitrogen and oxygen atoms in total. The number of rotatable bonds is 4. The van der Waals surface area contributed by atoms with Gasteiger partial charge in [0.2, 0.25) is 0 Å². The Morgan fingerprint density at radius 3 is 2.27 bits per heavy atom. The van der Waals surface area contributed by atoms with Crippen LogP contribution in [0.3, 0.4) is 0 Å². The molecular formula is C18H28ClN3. The van der Waals surface area contributed by atoms with E-state index in [1.807, 2.05) is 12.1 Å². The van der Waals surface area contributed by atoms with Crippen molar-refractivity contribution in [2.24, 2.45) is 0 Å². The molecule has 22 heavy (non-hydrogen) atoms. The number of hydrogen-bond donors (Lipinski definition) is 0. The Labute approximate surface area is 139 Å². The second-order valence-electron chi connectivity index (χ2n) is 6.57. The molecule has 0 radical (unpaired) electrons. The van der Waals surface area contributed by atoms with E-state index in [9.17, 15) is 0 Å². The summed E-state index contributed by atoms with van der Waals surface area (Å²) in [4.78, 5) is 7.84. The minimum absolute atomic E-state index is 0.793. The Morgan fingerprint density at radius 2 is 1.64 bits per heavy atom. The monoisotopic (exact) mass is 321 g/mol. The highest BCUT2D eigenvalue weighted by Crippen LogP contribution is 2.22. The molecule has 3 rings (SSSR count). The van der Waals surface area contributed by atoms with E-state index in [2.05, 4.69) is 33.8 Å². The standard InChI is InChI=1S/C18H28ClN3/c1-2-20-11-13-22(14-12-20)17-7-9-21(10-8-17)15-16-5-3-4-6-18(16)19/h3-6,17H,2,7-15H2,1H3. The lowest BCUT2D eigenvalue weighted by Crippen LogP contribution is -2.53. The van der Waals surface area contributed by atoms with Crippen molar-refractivity contribution >= 4 is 11.6 Å². The molecule has 0 atom stereocenters. The van der Waals surface area contributed by atoms with Crippen molar-refractivity contribution in [1.29, 1.82) is 0 Å². The molecule has 0 aliphatic carbocycles. The normalized spacial score (nSPS) is 23.0. The van der Waals surface area contributed by atoms with Crippen molar-refractivity contribution < 1.29 is 0 Å². The summed E-state index contributed by atoms with van der Waals surface area (Å²) in [7, 11) is 0. The number of piperazine rings is 1. The van der Waals surface area contributed by atoms with Crippen LogP contribution in [-0.4, -0.2) is 66.6 Å². The topological polar surface area (TPSA) is 9.72 Å². The predicted octanol–water partition coefficient (Wildman–Crippen LogP) is 2.94. The smallest absolute Gasteiger partial charge is 0.0451 e. The first-order valence-corrected chi connectivity index (χ1v) is 9.06. The van der Waals surface area contributed by atoms with Crippen LogP contribution >= 0.6 is 11.6 Å². The van der Waals surface area contributed by atoms with Gasteiger partial charge in [0, 0.05) is 43.8 Å². The van der Waals surface area contributed by atoms with Crippen LogP contribution in [0.25, 0.3) is 0 Å². The molecular weight excluding hydrogens is 294 g/mol. The van der Waals surface area contributed by atoms with E-state index in [0.717, 1.165) is 17.6 Å². The first-order valence-electron chi connectivity index (χ1n) is 8.68. The molecule has 0 saturated carbocycles. The van der Waals surface area contributed by atoms with Crippen molar-refractivity contribution in [1.82, 2.24) is 14.7 Å². The van der Waals surface area contributed by atoms with Gasteiger partial charge < -0.3 is 4.90 Å². The summed E-state index contributed by atoms with van der Waals surface area (Å²) in [5, 5.41) is 0.903. The summed E-state index contributed by atoms with van der Waals surface area (Å²) in [6.07, 6.45) is 2.60. The summed E-state index contributed by atoms with van der Waals surface area (Å²) in [6.45, 7) is 11.9. The zero-order valence-electron chi connectivity index (χ0n) is 13.7. The summed E-state index contributed by atoms with van der Waals surface area (Å²) in [5.74, 6) is 0. The van der Waals surface area contributed by atoms with Gasteiger partial charge in [0.25, 0.3) is 0 Å². The molecule has 2 aliphatic rings. The highest BCUT2D eigenvalue weighted by Gasteiger charge is 2.27. The van der Waals surface area contributed by atoms with Gasteiger partial charge in [-0.3, -0.25) is 9.80 Å². The largest absolute Gasteiger partial charge is 0.301 e. The Morgan fingerprint density at radius 1 is 0.955 bits per heavy atom. The number of benzene rings is 1. The number of nitrogens with zero attached hydrogens (tertiary/aromatic N) is 3. The molecule has 2 aliphatic heterocycles. The summed E-state index contributed by atoms with van der Waals surface area (Å²) in [5.41, 5.74) is 1.26. The molecule has 1 aromatic rings. The lowest BCUT2D eigenvalue weighted by Gasteiger charge is -2.42. The van der Waals surface area contributed by atoms with Crippen molar-refractivity contribution in [3.63, 3.8) is 0 Å². The zero-order chi connectivity index (χ0) is 15.4. The molecule has 2 fully saturated rings. The molecule has 1 aromatic carbocycles. The maximum atomic E-state index is 6.28. The van der Waals surface area contributed by atoms with Gasteiger partial charge in [-0.1, -0.05) is 36.7 Å². The molecule has 4 heteroatoms. The second-order valence-corrected chi connectivity index (χ2v) is 6.98. The molecule has 2 heterocycles. The number of hydrogen-bond acceptors (Lipinski definition) is 3. The number of likely N-dealkylation sites (tertiary alicyclic amines) is 1. The Balaban J connectivity index is 1.46.